The number of nitrogens with zero attached hydrogens (tertiary/aromatic N) is 1. The minimum absolute atomic E-state index is 0.0569. The monoisotopic (exact) mass is 270 g/mol. The van der Waals surface area contributed by atoms with Crippen LogP contribution in [0.15, 0.2) is 42.7 Å². The molecule has 0 saturated heterocycles. The van der Waals surface area contributed by atoms with E-state index in [4.69, 9.17) is 4.74 Å². The number of rotatable bonds is 4. The van der Waals surface area contributed by atoms with Gasteiger partial charge in [0.05, 0.1) is 5.75 Å². The van der Waals surface area contributed by atoms with Crippen LogP contribution in [0, 0.1) is 5.82 Å². The molecule has 0 aliphatic heterocycles. The summed E-state index contributed by atoms with van der Waals surface area (Å²) in [6.45, 7) is -5.38. The Labute approximate surface area is 107 Å². The highest BCUT2D eigenvalue weighted by molar-refractivity contribution is 6.74. The second-order valence-corrected chi connectivity index (χ2v) is 3.91. The fourth-order valence-corrected chi connectivity index (χ4v) is 1.55. The maximum Gasteiger partial charge on any atom is 0.513 e. The van der Waals surface area contributed by atoms with E-state index in [1.54, 1.807) is 18.3 Å². The van der Waals surface area contributed by atoms with Gasteiger partial charge in [0.2, 0.25) is 0 Å². The molecule has 0 spiro atoms. The highest BCUT2D eigenvalue weighted by Crippen LogP contribution is 2.19. The van der Waals surface area contributed by atoms with Crippen LogP contribution in [0.3, 0.4) is 0 Å². The third-order valence-corrected chi connectivity index (χ3v) is 2.44. The Hall–Kier alpha value is -2.05. The van der Waals surface area contributed by atoms with E-state index in [0.717, 1.165) is 12.1 Å². The number of pyridine rings is 1. The lowest BCUT2D eigenvalue weighted by molar-refractivity contribution is 0.306. The molecule has 0 saturated carbocycles. The molecule has 7 heteroatoms. The standard InChI is InChI=1S/C12H9BF4NO/c14-10-3-4-12(11(6-10)13(15,16)17)19-8-9-2-1-5-18-7-9/h1-7H,8H2/q-1. The summed E-state index contributed by atoms with van der Waals surface area (Å²) in [5.74, 6) is -1.32. The van der Waals surface area contributed by atoms with Crippen molar-refractivity contribution < 1.29 is 22.1 Å². The van der Waals surface area contributed by atoms with Gasteiger partial charge in [0.25, 0.3) is 0 Å². The third kappa shape index (κ3) is 3.46. The molecule has 1 heterocycles. The summed E-state index contributed by atoms with van der Waals surface area (Å²) < 4.78 is 56.3. The number of aromatic nitrogens is 1. The summed E-state index contributed by atoms with van der Waals surface area (Å²) in [7, 11) is 0. The molecule has 2 aromatic rings. The molecule has 0 bridgehead atoms. The zero-order chi connectivity index (χ0) is 13.9. The first-order chi connectivity index (χ1) is 8.97. The Kier molecular flexibility index (Phi) is 3.73. The van der Waals surface area contributed by atoms with Crippen LogP contribution in [-0.4, -0.2) is 12.0 Å². The lowest BCUT2D eigenvalue weighted by atomic mass is 9.79. The molecule has 0 aliphatic rings. The van der Waals surface area contributed by atoms with Crippen molar-refractivity contribution >= 4 is 12.4 Å². The van der Waals surface area contributed by atoms with Gasteiger partial charge in [-0.25, -0.2) is 4.39 Å². The van der Waals surface area contributed by atoms with Crippen LogP contribution in [0.1, 0.15) is 5.56 Å². The van der Waals surface area contributed by atoms with Gasteiger partial charge in [0.1, 0.15) is 12.4 Å². The van der Waals surface area contributed by atoms with Crippen LogP contribution < -0.4 is 10.2 Å². The SMILES string of the molecule is Fc1ccc(OCc2cccnc2)c([B-](F)(F)F)c1. The predicted molar refractivity (Wildman–Crippen MR) is 63.7 cm³/mol. The van der Waals surface area contributed by atoms with E-state index in [2.05, 4.69) is 4.98 Å². The summed E-state index contributed by atoms with van der Waals surface area (Å²) >= 11 is 0. The molecule has 0 amide bonds. The first-order valence-corrected chi connectivity index (χ1v) is 5.48. The Morgan fingerprint density at radius 2 is 1.95 bits per heavy atom. The van der Waals surface area contributed by atoms with Crippen molar-refractivity contribution in [1.29, 1.82) is 0 Å². The average molecular weight is 270 g/mol. The summed E-state index contributed by atoms with van der Waals surface area (Å²) in [5, 5.41) is 0. The smallest absolute Gasteiger partial charge is 0.492 e. The zero-order valence-corrected chi connectivity index (χ0v) is 9.69. The Morgan fingerprint density at radius 1 is 1.16 bits per heavy atom. The van der Waals surface area contributed by atoms with E-state index in [1.807, 2.05) is 0 Å². The van der Waals surface area contributed by atoms with E-state index in [9.17, 15) is 17.3 Å². The Bertz CT molecular complexity index is 559. The first kappa shape index (κ1) is 13.4. The molecule has 0 radical (unpaired) electrons. The number of benzene rings is 1. The minimum Gasteiger partial charge on any atom is -0.492 e. The summed E-state index contributed by atoms with van der Waals surface area (Å²) in [6.07, 6.45) is 3.04. The Morgan fingerprint density at radius 3 is 2.58 bits per heavy atom. The van der Waals surface area contributed by atoms with Crippen molar-refractivity contribution in [2.45, 2.75) is 6.61 Å². The number of ether oxygens (including phenoxy) is 1. The molecule has 2 rings (SSSR count). The maximum absolute atomic E-state index is 12.9. The fraction of sp³-hybridized carbons (Fsp3) is 0.0833. The summed E-state index contributed by atoms with van der Waals surface area (Å²) in [4.78, 5) is 3.82. The van der Waals surface area contributed by atoms with Crippen LogP contribution in [0.4, 0.5) is 17.3 Å². The van der Waals surface area contributed by atoms with E-state index in [1.165, 1.54) is 6.20 Å². The van der Waals surface area contributed by atoms with Gasteiger partial charge in [-0.2, -0.15) is 0 Å². The lowest BCUT2D eigenvalue weighted by Crippen LogP contribution is -2.35. The van der Waals surface area contributed by atoms with Gasteiger partial charge in [0, 0.05) is 18.0 Å². The number of hydrogen-bond donors (Lipinski definition) is 0. The quantitative estimate of drug-likeness (QED) is 0.629. The summed E-state index contributed by atoms with van der Waals surface area (Å²) in [5.41, 5.74) is -0.434. The molecular weight excluding hydrogens is 261 g/mol. The fourth-order valence-electron chi connectivity index (χ4n) is 1.55. The van der Waals surface area contributed by atoms with Gasteiger partial charge >= 0.3 is 6.98 Å². The van der Waals surface area contributed by atoms with E-state index in [-0.39, 0.29) is 12.4 Å². The van der Waals surface area contributed by atoms with Crippen LogP contribution in [0.2, 0.25) is 0 Å². The van der Waals surface area contributed by atoms with E-state index >= 15 is 0 Å². The largest absolute Gasteiger partial charge is 0.513 e. The lowest BCUT2D eigenvalue weighted by Gasteiger charge is -2.19. The Balaban J connectivity index is 2.21. The molecule has 2 nitrogen and oxygen atoms in total. The summed E-state index contributed by atoms with van der Waals surface area (Å²) in [6, 6.07) is 5.69. The van der Waals surface area contributed by atoms with Crippen molar-refractivity contribution in [2.75, 3.05) is 0 Å². The van der Waals surface area contributed by atoms with Crippen LogP contribution in [0.5, 0.6) is 5.75 Å². The van der Waals surface area contributed by atoms with Gasteiger partial charge in [-0.3, -0.25) is 4.98 Å². The minimum atomic E-state index is -5.32. The molecule has 0 N–H and O–H groups in total. The second-order valence-electron chi connectivity index (χ2n) is 3.91. The normalized spacial score (nSPS) is 11.4. The number of hydrogen-bond acceptors (Lipinski definition) is 2. The zero-order valence-electron chi connectivity index (χ0n) is 9.69. The van der Waals surface area contributed by atoms with Crippen molar-refractivity contribution in [2.24, 2.45) is 0 Å². The van der Waals surface area contributed by atoms with Gasteiger partial charge in [0.15, 0.2) is 0 Å². The van der Waals surface area contributed by atoms with Crippen molar-refractivity contribution in [3.63, 3.8) is 0 Å². The van der Waals surface area contributed by atoms with Gasteiger partial charge < -0.3 is 17.7 Å². The average Bonchev–Trinajstić information content (AvgIpc) is 2.37. The first-order valence-electron chi connectivity index (χ1n) is 5.48. The maximum atomic E-state index is 12.9. The molecule has 0 unspecified atom stereocenters. The molecular formula is C12H9BF4NO-. The molecule has 0 fully saturated rings. The molecule has 1 aromatic heterocycles. The van der Waals surface area contributed by atoms with Crippen molar-refractivity contribution in [1.82, 2.24) is 4.98 Å². The molecule has 100 valence electrons. The molecule has 0 atom stereocenters. The third-order valence-electron chi connectivity index (χ3n) is 2.44. The second kappa shape index (κ2) is 5.30. The van der Waals surface area contributed by atoms with Gasteiger partial charge in [-0.1, -0.05) is 11.5 Å². The van der Waals surface area contributed by atoms with Gasteiger partial charge in [-0.15, -0.1) is 0 Å². The van der Waals surface area contributed by atoms with Crippen LogP contribution in [0.25, 0.3) is 0 Å². The van der Waals surface area contributed by atoms with Crippen LogP contribution in [-0.2, 0) is 6.61 Å². The number of halogens is 4. The van der Waals surface area contributed by atoms with E-state index < -0.39 is 18.3 Å². The highest BCUT2D eigenvalue weighted by Gasteiger charge is 2.29. The van der Waals surface area contributed by atoms with Crippen molar-refractivity contribution in [3.05, 3.63) is 54.1 Å². The van der Waals surface area contributed by atoms with Crippen molar-refractivity contribution in [3.8, 4) is 5.75 Å². The molecule has 0 aliphatic carbocycles. The van der Waals surface area contributed by atoms with Gasteiger partial charge in [-0.05, 0) is 24.3 Å². The highest BCUT2D eigenvalue weighted by atomic mass is 19.4. The molecule has 1 aromatic carbocycles. The molecule has 19 heavy (non-hydrogen) atoms. The van der Waals surface area contributed by atoms with Crippen LogP contribution >= 0.6 is 0 Å². The predicted octanol–water partition coefficient (Wildman–Crippen LogP) is 2.85. The topological polar surface area (TPSA) is 22.1 Å². The van der Waals surface area contributed by atoms with E-state index in [0.29, 0.717) is 11.6 Å².